The molecule has 0 spiro atoms. The van der Waals surface area contributed by atoms with Crippen LogP contribution in [0.25, 0.3) is 0 Å². The molecule has 2 aliphatic rings. The van der Waals surface area contributed by atoms with Gasteiger partial charge >= 0.3 is 6.09 Å². The molecule has 0 radical (unpaired) electrons. The molecule has 8 nitrogen and oxygen atoms in total. The standard InChI is InChI=1S/C16H26N4O4/c1-5-23-16(6-9-22-11-16)13-18-17-12-10-19(7-8-20(12)13)14(21)24-15(2,3)4/h5-11H2,1-4H3. The number of fused-ring (bicyclic) bond motifs is 1. The Morgan fingerprint density at radius 3 is 2.75 bits per heavy atom. The number of hydrogen-bond donors (Lipinski definition) is 0. The van der Waals surface area contributed by atoms with Crippen LogP contribution in [0, 0.1) is 0 Å². The van der Waals surface area contributed by atoms with Gasteiger partial charge in [0.25, 0.3) is 0 Å². The van der Waals surface area contributed by atoms with Crippen molar-refractivity contribution in [3.05, 3.63) is 11.6 Å². The van der Waals surface area contributed by atoms with Crippen LogP contribution in [0.4, 0.5) is 4.79 Å². The highest BCUT2D eigenvalue weighted by molar-refractivity contribution is 5.68. The van der Waals surface area contributed by atoms with Crippen molar-refractivity contribution in [2.24, 2.45) is 0 Å². The van der Waals surface area contributed by atoms with Gasteiger partial charge in [-0.15, -0.1) is 10.2 Å². The van der Waals surface area contributed by atoms with Crippen LogP contribution in [0.3, 0.4) is 0 Å². The summed E-state index contributed by atoms with van der Waals surface area (Å²) in [7, 11) is 0. The summed E-state index contributed by atoms with van der Waals surface area (Å²) in [5.74, 6) is 1.56. The first-order chi connectivity index (χ1) is 11.3. The predicted octanol–water partition coefficient (Wildman–Crippen LogP) is 1.68. The van der Waals surface area contributed by atoms with Gasteiger partial charge in [-0.2, -0.15) is 0 Å². The van der Waals surface area contributed by atoms with Gasteiger partial charge in [-0.05, 0) is 27.7 Å². The van der Waals surface area contributed by atoms with Gasteiger partial charge in [0.15, 0.2) is 17.2 Å². The van der Waals surface area contributed by atoms with E-state index in [9.17, 15) is 4.79 Å². The number of hydrogen-bond acceptors (Lipinski definition) is 6. The largest absolute Gasteiger partial charge is 0.444 e. The van der Waals surface area contributed by atoms with E-state index in [-0.39, 0.29) is 6.09 Å². The minimum absolute atomic E-state index is 0.318. The molecule has 1 atom stereocenters. The number of amides is 1. The highest BCUT2D eigenvalue weighted by atomic mass is 16.6. The number of carbonyl (C=O) groups is 1. The van der Waals surface area contributed by atoms with E-state index in [0.717, 1.165) is 18.1 Å². The highest BCUT2D eigenvalue weighted by Crippen LogP contribution is 2.34. The second-order valence-electron chi connectivity index (χ2n) is 7.22. The summed E-state index contributed by atoms with van der Waals surface area (Å²) >= 11 is 0. The lowest BCUT2D eigenvalue weighted by atomic mass is 10.0. The third kappa shape index (κ3) is 3.25. The summed E-state index contributed by atoms with van der Waals surface area (Å²) in [5.41, 5.74) is -1.03. The van der Waals surface area contributed by atoms with Crippen molar-refractivity contribution in [3.8, 4) is 0 Å². The molecule has 0 aliphatic carbocycles. The molecule has 0 N–H and O–H groups in total. The van der Waals surface area contributed by atoms with Crippen LogP contribution in [0.5, 0.6) is 0 Å². The maximum Gasteiger partial charge on any atom is 0.410 e. The molecule has 0 aromatic carbocycles. The molecule has 1 aromatic heterocycles. The van der Waals surface area contributed by atoms with Crippen LogP contribution in [0.2, 0.25) is 0 Å². The first-order valence-electron chi connectivity index (χ1n) is 8.47. The molecule has 1 saturated heterocycles. The molecule has 1 fully saturated rings. The Morgan fingerprint density at radius 2 is 2.12 bits per heavy atom. The van der Waals surface area contributed by atoms with Gasteiger partial charge in [-0.1, -0.05) is 0 Å². The van der Waals surface area contributed by atoms with E-state index < -0.39 is 11.2 Å². The van der Waals surface area contributed by atoms with Crippen molar-refractivity contribution in [1.82, 2.24) is 19.7 Å². The Hall–Kier alpha value is -1.67. The molecule has 1 amide bonds. The molecule has 2 aliphatic heterocycles. The summed E-state index contributed by atoms with van der Waals surface area (Å²) in [6, 6.07) is 0. The summed E-state index contributed by atoms with van der Waals surface area (Å²) < 4.78 is 19.0. The molecular weight excluding hydrogens is 312 g/mol. The van der Waals surface area contributed by atoms with Crippen LogP contribution < -0.4 is 0 Å². The van der Waals surface area contributed by atoms with Gasteiger partial charge in [0.1, 0.15) is 5.60 Å². The Morgan fingerprint density at radius 1 is 1.33 bits per heavy atom. The lowest BCUT2D eigenvalue weighted by Gasteiger charge is -2.32. The van der Waals surface area contributed by atoms with Gasteiger partial charge in [0.2, 0.25) is 0 Å². The predicted molar refractivity (Wildman–Crippen MR) is 85.4 cm³/mol. The van der Waals surface area contributed by atoms with Crippen molar-refractivity contribution in [1.29, 1.82) is 0 Å². The molecule has 8 heteroatoms. The molecule has 24 heavy (non-hydrogen) atoms. The van der Waals surface area contributed by atoms with E-state index in [1.54, 1.807) is 4.90 Å². The number of nitrogens with zero attached hydrogens (tertiary/aromatic N) is 4. The lowest BCUT2D eigenvalue weighted by molar-refractivity contribution is -0.0577. The number of carbonyl (C=O) groups excluding carboxylic acids is 1. The zero-order valence-electron chi connectivity index (χ0n) is 14.9. The fourth-order valence-electron chi connectivity index (χ4n) is 3.15. The van der Waals surface area contributed by atoms with Crippen LogP contribution >= 0.6 is 0 Å². The van der Waals surface area contributed by atoms with E-state index in [1.807, 2.05) is 27.7 Å². The van der Waals surface area contributed by atoms with Gasteiger partial charge in [0, 0.05) is 26.1 Å². The normalized spacial score (nSPS) is 24.1. The Bertz CT molecular complexity index is 602. The number of rotatable bonds is 3. The van der Waals surface area contributed by atoms with Crippen LogP contribution in [-0.4, -0.2) is 57.7 Å². The van der Waals surface area contributed by atoms with E-state index in [1.165, 1.54) is 0 Å². The SMILES string of the molecule is CCOC1(c2nnc3n2CCN(C(=O)OC(C)(C)C)C3)CCOC1. The molecule has 3 rings (SSSR count). The molecule has 3 heterocycles. The molecule has 134 valence electrons. The highest BCUT2D eigenvalue weighted by Gasteiger charge is 2.43. The van der Waals surface area contributed by atoms with Gasteiger partial charge < -0.3 is 18.8 Å². The van der Waals surface area contributed by atoms with Crippen molar-refractivity contribution in [3.63, 3.8) is 0 Å². The van der Waals surface area contributed by atoms with Crippen molar-refractivity contribution in [2.45, 2.75) is 58.4 Å². The quantitative estimate of drug-likeness (QED) is 0.834. The Kier molecular flexibility index (Phi) is 4.52. The van der Waals surface area contributed by atoms with E-state index in [2.05, 4.69) is 14.8 Å². The van der Waals surface area contributed by atoms with Crippen molar-refractivity contribution in [2.75, 3.05) is 26.4 Å². The smallest absolute Gasteiger partial charge is 0.410 e. The lowest BCUT2D eigenvalue weighted by Crippen LogP contribution is -2.43. The second kappa shape index (κ2) is 6.33. The second-order valence-corrected chi connectivity index (χ2v) is 7.22. The molecule has 0 bridgehead atoms. The van der Waals surface area contributed by atoms with Crippen LogP contribution in [0.1, 0.15) is 45.8 Å². The minimum atomic E-state index is -0.520. The molecule has 1 unspecified atom stereocenters. The van der Waals surface area contributed by atoms with Gasteiger partial charge in [0.05, 0.1) is 19.8 Å². The summed E-state index contributed by atoms with van der Waals surface area (Å²) in [6.07, 6.45) is 0.455. The van der Waals surface area contributed by atoms with E-state index >= 15 is 0 Å². The maximum atomic E-state index is 12.3. The maximum absolute atomic E-state index is 12.3. The fourth-order valence-corrected chi connectivity index (χ4v) is 3.15. The first kappa shape index (κ1) is 17.2. The number of aromatic nitrogens is 3. The minimum Gasteiger partial charge on any atom is -0.444 e. The summed E-state index contributed by atoms with van der Waals surface area (Å²) in [4.78, 5) is 13.9. The Labute approximate surface area is 142 Å². The topological polar surface area (TPSA) is 78.7 Å². The van der Waals surface area contributed by atoms with Crippen molar-refractivity contribution < 1.29 is 19.0 Å². The Balaban J connectivity index is 1.78. The third-order valence-corrected chi connectivity index (χ3v) is 4.22. The summed E-state index contributed by atoms with van der Waals surface area (Å²) in [5, 5.41) is 8.65. The molecule has 1 aromatic rings. The number of ether oxygens (including phenoxy) is 3. The zero-order chi connectivity index (χ0) is 17.4. The van der Waals surface area contributed by atoms with Gasteiger partial charge in [-0.25, -0.2) is 4.79 Å². The monoisotopic (exact) mass is 338 g/mol. The average molecular weight is 338 g/mol. The zero-order valence-corrected chi connectivity index (χ0v) is 14.9. The van der Waals surface area contributed by atoms with Gasteiger partial charge in [-0.3, -0.25) is 4.90 Å². The third-order valence-electron chi connectivity index (χ3n) is 4.22. The molecular formula is C16H26N4O4. The fraction of sp³-hybridized carbons (Fsp3) is 0.812. The first-order valence-corrected chi connectivity index (χ1v) is 8.47. The summed E-state index contributed by atoms with van der Waals surface area (Å²) in [6.45, 7) is 10.9. The van der Waals surface area contributed by atoms with Crippen molar-refractivity contribution >= 4 is 6.09 Å². The van der Waals surface area contributed by atoms with Crippen LogP contribution in [0.15, 0.2) is 0 Å². The molecule has 0 saturated carbocycles. The van der Waals surface area contributed by atoms with Crippen LogP contribution in [-0.2, 0) is 32.9 Å². The van der Waals surface area contributed by atoms with E-state index in [0.29, 0.717) is 39.5 Å². The average Bonchev–Trinajstić information content (AvgIpc) is 3.12. The van der Waals surface area contributed by atoms with E-state index in [4.69, 9.17) is 14.2 Å².